The molecule has 140 valence electrons. The molecule has 1 atom stereocenters. The molecule has 0 aliphatic carbocycles. The molecule has 0 bridgehead atoms. The van der Waals surface area contributed by atoms with Crippen molar-refractivity contribution in [2.45, 2.75) is 26.8 Å². The molecule has 2 heterocycles. The number of furan rings is 1. The van der Waals surface area contributed by atoms with Crippen LogP contribution in [0.15, 0.2) is 39.3 Å². The quantitative estimate of drug-likeness (QED) is 0.671. The summed E-state index contributed by atoms with van der Waals surface area (Å²) in [6.45, 7) is 5.05. The van der Waals surface area contributed by atoms with E-state index in [2.05, 4.69) is 10.5 Å². The minimum Gasteiger partial charge on any atom is -0.477 e. The van der Waals surface area contributed by atoms with Gasteiger partial charge in [-0.1, -0.05) is 28.9 Å². The van der Waals surface area contributed by atoms with E-state index in [-0.39, 0.29) is 17.0 Å². The van der Waals surface area contributed by atoms with E-state index in [9.17, 15) is 14.7 Å². The van der Waals surface area contributed by atoms with Crippen molar-refractivity contribution in [2.24, 2.45) is 0 Å². The number of benzene rings is 1. The van der Waals surface area contributed by atoms with Crippen molar-refractivity contribution in [1.82, 2.24) is 10.5 Å². The lowest BCUT2D eigenvalue weighted by Gasteiger charge is -2.11. The number of aryl methyl sites for hydroxylation is 2. The Bertz CT molecular complexity index is 1000. The SMILES string of the molecule is Cc1cc(C(=O)N[C@H](C)c2onc(-c3ccc(Cl)cc3)c2C(=O)O)c(C)o1. The molecule has 8 heteroatoms. The van der Waals surface area contributed by atoms with Gasteiger partial charge in [0, 0.05) is 10.6 Å². The maximum atomic E-state index is 12.5. The van der Waals surface area contributed by atoms with Gasteiger partial charge < -0.3 is 19.4 Å². The first-order chi connectivity index (χ1) is 12.8. The number of amides is 1. The third-order valence-electron chi connectivity index (χ3n) is 4.08. The summed E-state index contributed by atoms with van der Waals surface area (Å²) in [6, 6.07) is 7.47. The fourth-order valence-corrected chi connectivity index (χ4v) is 2.93. The molecule has 0 unspecified atom stereocenters. The van der Waals surface area contributed by atoms with Crippen molar-refractivity contribution >= 4 is 23.5 Å². The van der Waals surface area contributed by atoms with E-state index in [4.69, 9.17) is 20.5 Å². The first-order valence-corrected chi connectivity index (χ1v) is 8.52. The zero-order chi connectivity index (χ0) is 19.7. The largest absolute Gasteiger partial charge is 0.477 e. The summed E-state index contributed by atoms with van der Waals surface area (Å²) in [6.07, 6.45) is 0. The first kappa shape index (κ1) is 18.7. The van der Waals surface area contributed by atoms with Crippen LogP contribution in [0.5, 0.6) is 0 Å². The summed E-state index contributed by atoms with van der Waals surface area (Å²) in [7, 11) is 0. The summed E-state index contributed by atoms with van der Waals surface area (Å²) in [4.78, 5) is 24.3. The third-order valence-corrected chi connectivity index (χ3v) is 4.33. The summed E-state index contributed by atoms with van der Waals surface area (Å²) < 4.78 is 10.6. The number of rotatable bonds is 5. The molecule has 0 aliphatic heterocycles. The number of carbonyl (C=O) groups is 2. The van der Waals surface area contributed by atoms with Crippen LogP contribution in [0, 0.1) is 13.8 Å². The zero-order valence-corrected chi connectivity index (χ0v) is 15.6. The lowest BCUT2D eigenvalue weighted by atomic mass is 10.0. The fourth-order valence-electron chi connectivity index (χ4n) is 2.81. The van der Waals surface area contributed by atoms with Crippen LogP contribution in [0.25, 0.3) is 11.3 Å². The second-order valence-corrected chi connectivity index (χ2v) is 6.54. The van der Waals surface area contributed by atoms with Crippen LogP contribution < -0.4 is 5.32 Å². The average molecular weight is 389 g/mol. The van der Waals surface area contributed by atoms with Crippen LogP contribution >= 0.6 is 11.6 Å². The highest BCUT2D eigenvalue weighted by Crippen LogP contribution is 2.30. The molecule has 2 N–H and O–H groups in total. The van der Waals surface area contributed by atoms with Crippen molar-refractivity contribution in [1.29, 1.82) is 0 Å². The Morgan fingerprint density at radius 1 is 1.22 bits per heavy atom. The molecule has 0 radical (unpaired) electrons. The lowest BCUT2D eigenvalue weighted by molar-refractivity contribution is 0.0692. The Hall–Kier alpha value is -3.06. The van der Waals surface area contributed by atoms with Gasteiger partial charge in [-0.25, -0.2) is 4.79 Å². The molecular weight excluding hydrogens is 372 g/mol. The molecule has 3 rings (SSSR count). The van der Waals surface area contributed by atoms with Gasteiger partial charge >= 0.3 is 5.97 Å². The van der Waals surface area contributed by atoms with E-state index in [1.165, 1.54) is 0 Å². The molecular formula is C19H17ClN2O5. The average Bonchev–Trinajstić information content (AvgIpc) is 3.19. The van der Waals surface area contributed by atoms with Gasteiger partial charge in [0.25, 0.3) is 5.91 Å². The summed E-state index contributed by atoms with van der Waals surface area (Å²) in [5.74, 6) is -0.444. The maximum absolute atomic E-state index is 12.5. The highest BCUT2D eigenvalue weighted by atomic mass is 35.5. The highest BCUT2D eigenvalue weighted by Gasteiger charge is 2.28. The van der Waals surface area contributed by atoms with Gasteiger partial charge in [0.05, 0.1) is 11.6 Å². The van der Waals surface area contributed by atoms with Gasteiger partial charge in [-0.3, -0.25) is 4.79 Å². The smallest absolute Gasteiger partial charge is 0.341 e. The molecule has 0 spiro atoms. The zero-order valence-electron chi connectivity index (χ0n) is 14.9. The Morgan fingerprint density at radius 3 is 2.44 bits per heavy atom. The molecule has 27 heavy (non-hydrogen) atoms. The number of carboxylic acid groups (broad SMARTS) is 1. The predicted molar refractivity (Wildman–Crippen MR) is 98.0 cm³/mol. The number of carboxylic acids is 1. The van der Waals surface area contributed by atoms with Crippen LogP contribution in [0.3, 0.4) is 0 Å². The Morgan fingerprint density at radius 2 is 1.89 bits per heavy atom. The molecule has 0 saturated heterocycles. The van der Waals surface area contributed by atoms with Crippen molar-refractivity contribution in [2.75, 3.05) is 0 Å². The molecule has 7 nitrogen and oxygen atoms in total. The van der Waals surface area contributed by atoms with Crippen molar-refractivity contribution in [3.05, 3.63) is 63.8 Å². The van der Waals surface area contributed by atoms with Crippen LogP contribution in [0.4, 0.5) is 0 Å². The number of aromatic carboxylic acids is 1. The van der Waals surface area contributed by atoms with Crippen molar-refractivity contribution < 1.29 is 23.6 Å². The second-order valence-electron chi connectivity index (χ2n) is 6.10. The van der Waals surface area contributed by atoms with Gasteiger partial charge in [0.15, 0.2) is 5.76 Å². The predicted octanol–water partition coefficient (Wildman–Crippen LogP) is 4.39. The molecule has 1 amide bonds. The number of hydrogen-bond acceptors (Lipinski definition) is 5. The standard InChI is InChI=1S/C19H17ClN2O5/c1-9-8-14(11(3)26-9)18(23)21-10(2)17-15(19(24)25)16(22-27-17)12-4-6-13(20)7-5-12/h4-8,10H,1-3H3,(H,21,23)(H,24,25)/t10-/m1/s1. The van der Waals surface area contributed by atoms with E-state index in [0.29, 0.717) is 27.7 Å². The maximum Gasteiger partial charge on any atom is 0.341 e. The Balaban J connectivity index is 1.92. The topological polar surface area (TPSA) is 106 Å². The molecule has 1 aromatic carbocycles. The van der Waals surface area contributed by atoms with E-state index < -0.39 is 17.9 Å². The van der Waals surface area contributed by atoms with Crippen LogP contribution in [0.2, 0.25) is 5.02 Å². The van der Waals surface area contributed by atoms with Crippen molar-refractivity contribution in [3.63, 3.8) is 0 Å². The monoisotopic (exact) mass is 388 g/mol. The number of aromatic nitrogens is 1. The molecule has 0 fully saturated rings. The Labute approximate surface area is 159 Å². The molecule has 0 aliphatic rings. The highest BCUT2D eigenvalue weighted by molar-refractivity contribution is 6.30. The molecule has 2 aromatic heterocycles. The summed E-state index contributed by atoms with van der Waals surface area (Å²) >= 11 is 5.87. The van der Waals surface area contributed by atoms with Gasteiger partial charge in [-0.05, 0) is 39.0 Å². The van der Waals surface area contributed by atoms with E-state index in [1.54, 1.807) is 51.1 Å². The van der Waals surface area contributed by atoms with E-state index >= 15 is 0 Å². The Kier molecular flexibility index (Phi) is 5.05. The van der Waals surface area contributed by atoms with Crippen molar-refractivity contribution in [3.8, 4) is 11.3 Å². The van der Waals surface area contributed by atoms with Gasteiger partial charge in [-0.15, -0.1) is 0 Å². The summed E-state index contributed by atoms with van der Waals surface area (Å²) in [5.41, 5.74) is 0.996. The number of nitrogens with one attached hydrogen (secondary N) is 1. The normalized spacial score (nSPS) is 12.0. The minimum absolute atomic E-state index is 0.0543. The fraction of sp³-hybridized carbons (Fsp3) is 0.211. The number of nitrogens with zero attached hydrogens (tertiary/aromatic N) is 1. The number of halogens is 1. The molecule has 3 aromatic rings. The molecule has 0 saturated carbocycles. The van der Waals surface area contributed by atoms with Gasteiger partial charge in [0.2, 0.25) is 0 Å². The van der Waals surface area contributed by atoms with Gasteiger partial charge in [0.1, 0.15) is 22.8 Å². The first-order valence-electron chi connectivity index (χ1n) is 8.14. The summed E-state index contributed by atoms with van der Waals surface area (Å²) in [5, 5.41) is 16.8. The van der Waals surface area contributed by atoms with E-state index in [0.717, 1.165) is 0 Å². The van der Waals surface area contributed by atoms with Crippen LogP contribution in [-0.2, 0) is 0 Å². The number of hydrogen-bond donors (Lipinski definition) is 2. The van der Waals surface area contributed by atoms with Gasteiger partial charge in [-0.2, -0.15) is 0 Å². The second kappa shape index (κ2) is 7.28. The lowest BCUT2D eigenvalue weighted by Crippen LogP contribution is -2.27. The minimum atomic E-state index is -1.20. The van der Waals surface area contributed by atoms with Crippen LogP contribution in [0.1, 0.15) is 51.0 Å². The van der Waals surface area contributed by atoms with Crippen LogP contribution in [-0.4, -0.2) is 22.1 Å². The van der Waals surface area contributed by atoms with E-state index in [1.807, 2.05) is 0 Å². The third kappa shape index (κ3) is 3.73. The number of carbonyl (C=O) groups excluding carboxylic acids is 1.